The Balaban J connectivity index is 1.48. The average molecular weight is 531 g/mol. The van der Waals surface area contributed by atoms with Crippen molar-refractivity contribution in [2.45, 2.75) is 20.0 Å². The maximum Gasteiger partial charge on any atom is 0.416 e. The molecule has 2 aromatic carbocycles. The van der Waals surface area contributed by atoms with E-state index in [-0.39, 0.29) is 22.8 Å². The number of fused-ring (bicyclic) bond motifs is 1. The van der Waals surface area contributed by atoms with E-state index in [2.05, 4.69) is 30.6 Å². The van der Waals surface area contributed by atoms with Crippen molar-refractivity contribution in [3.8, 4) is 5.69 Å². The lowest BCUT2D eigenvalue weighted by molar-refractivity contribution is -0.137. The summed E-state index contributed by atoms with van der Waals surface area (Å²) in [5, 5.41) is 6.16. The number of carbonyl (C=O) groups is 1. The van der Waals surface area contributed by atoms with E-state index in [4.69, 9.17) is 0 Å². The molecule has 0 spiro atoms. The van der Waals surface area contributed by atoms with Gasteiger partial charge in [-0.1, -0.05) is 12.1 Å². The van der Waals surface area contributed by atoms with Crippen LogP contribution in [0.15, 0.2) is 78.0 Å². The first-order chi connectivity index (χ1) is 18.6. The lowest BCUT2D eigenvalue weighted by atomic mass is 10.1. The van der Waals surface area contributed by atoms with Gasteiger partial charge < -0.3 is 10.6 Å². The van der Waals surface area contributed by atoms with Crippen LogP contribution >= 0.6 is 0 Å². The number of nitrogens with one attached hydrogen (secondary N) is 2. The van der Waals surface area contributed by atoms with Gasteiger partial charge in [-0.3, -0.25) is 14.3 Å². The van der Waals surface area contributed by atoms with E-state index in [0.717, 1.165) is 12.1 Å². The zero-order valence-electron chi connectivity index (χ0n) is 20.6. The molecule has 0 bridgehead atoms. The van der Waals surface area contributed by atoms with Crippen molar-refractivity contribution in [1.82, 2.24) is 24.5 Å². The van der Waals surface area contributed by atoms with Crippen LogP contribution in [0.5, 0.6) is 0 Å². The van der Waals surface area contributed by atoms with Crippen LogP contribution in [0, 0.1) is 13.8 Å². The number of hydrogen-bond donors (Lipinski definition) is 2. The molecule has 5 rings (SSSR count). The van der Waals surface area contributed by atoms with Crippen LogP contribution in [0.3, 0.4) is 0 Å². The molecular formula is C27H20F3N7O2. The van der Waals surface area contributed by atoms with E-state index in [1.165, 1.54) is 16.7 Å². The molecule has 0 atom stereocenters. The van der Waals surface area contributed by atoms with Crippen LogP contribution < -0.4 is 16.3 Å². The van der Waals surface area contributed by atoms with Crippen molar-refractivity contribution < 1.29 is 18.0 Å². The summed E-state index contributed by atoms with van der Waals surface area (Å²) in [6.07, 6.45) is 0.208. The summed E-state index contributed by atoms with van der Waals surface area (Å²) in [5.74, 6) is -0.465. The fourth-order valence-electron chi connectivity index (χ4n) is 3.99. The summed E-state index contributed by atoms with van der Waals surface area (Å²) in [6, 6.07) is 12.5. The number of benzene rings is 2. The quantitative estimate of drug-likeness (QED) is 0.320. The number of alkyl halides is 3. The highest BCUT2D eigenvalue weighted by molar-refractivity contribution is 6.04. The largest absolute Gasteiger partial charge is 0.416 e. The third-order valence-electron chi connectivity index (χ3n) is 5.98. The summed E-state index contributed by atoms with van der Waals surface area (Å²) < 4.78 is 40.6. The molecule has 3 aromatic heterocycles. The summed E-state index contributed by atoms with van der Waals surface area (Å²) in [4.78, 5) is 42.6. The number of rotatable bonds is 5. The van der Waals surface area contributed by atoms with E-state index in [9.17, 15) is 22.8 Å². The average Bonchev–Trinajstić information content (AvgIpc) is 2.90. The number of nitrogens with zero attached hydrogens (tertiary/aromatic N) is 5. The maximum absolute atomic E-state index is 13.1. The summed E-state index contributed by atoms with van der Waals surface area (Å²) in [6.45, 7) is 3.50. The van der Waals surface area contributed by atoms with Gasteiger partial charge in [0.25, 0.3) is 5.91 Å². The molecule has 0 saturated carbocycles. The molecule has 39 heavy (non-hydrogen) atoms. The second kappa shape index (κ2) is 9.97. The van der Waals surface area contributed by atoms with Crippen LogP contribution in [-0.4, -0.2) is 30.4 Å². The number of aryl methyl sites for hydroxylation is 2. The predicted molar refractivity (Wildman–Crippen MR) is 139 cm³/mol. The summed E-state index contributed by atoms with van der Waals surface area (Å²) in [5.41, 5.74) is 1.19. The zero-order chi connectivity index (χ0) is 27.7. The summed E-state index contributed by atoms with van der Waals surface area (Å²) >= 11 is 0. The van der Waals surface area contributed by atoms with Crippen molar-refractivity contribution in [2.24, 2.45) is 0 Å². The molecule has 0 fully saturated rings. The lowest BCUT2D eigenvalue weighted by Gasteiger charge is -2.16. The Morgan fingerprint density at radius 1 is 0.949 bits per heavy atom. The van der Waals surface area contributed by atoms with E-state index in [1.54, 1.807) is 62.8 Å². The molecule has 196 valence electrons. The molecule has 1 amide bonds. The minimum atomic E-state index is -4.57. The van der Waals surface area contributed by atoms with Crippen molar-refractivity contribution in [3.63, 3.8) is 0 Å². The van der Waals surface area contributed by atoms with Gasteiger partial charge in [-0.2, -0.15) is 23.1 Å². The van der Waals surface area contributed by atoms with Gasteiger partial charge >= 0.3 is 11.9 Å². The molecule has 12 heteroatoms. The van der Waals surface area contributed by atoms with E-state index in [1.807, 2.05) is 0 Å². The van der Waals surface area contributed by atoms with Crippen LogP contribution in [-0.2, 0) is 6.18 Å². The van der Waals surface area contributed by atoms with Gasteiger partial charge in [-0.05, 0) is 61.9 Å². The van der Waals surface area contributed by atoms with E-state index < -0.39 is 23.3 Å². The van der Waals surface area contributed by atoms with E-state index >= 15 is 0 Å². The number of aromatic nitrogens is 5. The second-order valence-electron chi connectivity index (χ2n) is 8.64. The van der Waals surface area contributed by atoms with Crippen molar-refractivity contribution >= 4 is 34.3 Å². The Labute approximate surface area is 219 Å². The Bertz CT molecular complexity index is 1770. The number of carbonyl (C=O) groups excluding carboxylic acids is 1. The molecule has 0 aliphatic rings. The molecule has 0 saturated heterocycles. The number of hydrogen-bond acceptors (Lipinski definition) is 7. The SMILES string of the molecule is Cc1ccc(NC(=O)c2cccc(C(F)(F)F)c2)cc1-n1c(C)c2cnc(Nc3ccncc3)nc2nc1=O. The molecule has 9 nitrogen and oxygen atoms in total. The third-order valence-corrected chi connectivity index (χ3v) is 5.98. The van der Waals surface area contributed by atoms with Crippen LogP contribution in [0.25, 0.3) is 16.7 Å². The van der Waals surface area contributed by atoms with Crippen molar-refractivity contribution in [1.29, 1.82) is 0 Å². The van der Waals surface area contributed by atoms with Gasteiger partial charge in [0, 0.05) is 41.2 Å². The first-order valence-electron chi connectivity index (χ1n) is 11.6. The van der Waals surface area contributed by atoms with Crippen LogP contribution in [0.4, 0.5) is 30.5 Å². The van der Waals surface area contributed by atoms with Gasteiger partial charge in [0.05, 0.1) is 16.6 Å². The molecule has 0 aliphatic heterocycles. The molecule has 0 radical (unpaired) electrons. The van der Waals surface area contributed by atoms with Crippen molar-refractivity contribution in [3.05, 3.63) is 106 Å². The Hall–Kier alpha value is -5.13. The summed E-state index contributed by atoms with van der Waals surface area (Å²) in [7, 11) is 0. The molecule has 5 aromatic rings. The molecule has 0 aliphatic carbocycles. The lowest BCUT2D eigenvalue weighted by Crippen LogP contribution is -2.25. The fourth-order valence-corrected chi connectivity index (χ4v) is 3.99. The molecule has 0 unspecified atom stereocenters. The minimum Gasteiger partial charge on any atom is -0.324 e. The fraction of sp³-hybridized carbons (Fsp3) is 0.111. The highest BCUT2D eigenvalue weighted by Gasteiger charge is 2.31. The highest BCUT2D eigenvalue weighted by Crippen LogP contribution is 2.30. The highest BCUT2D eigenvalue weighted by atomic mass is 19.4. The number of anilines is 3. The van der Waals surface area contributed by atoms with E-state index in [0.29, 0.717) is 28.0 Å². The molecular weight excluding hydrogens is 511 g/mol. The first-order valence-corrected chi connectivity index (χ1v) is 11.6. The Kier molecular flexibility index (Phi) is 6.52. The van der Waals surface area contributed by atoms with Gasteiger partial charge in [0.2, 0.25) is 5.95 Å². The Morgan fingerprint density at radius 2 is 1.72 bits per heavy atom. The van der Waals surface area contributed by atoms with Gasteiger partial charge in [0.15, 0.2) is 5.65 Å². The standard InChI is InChI=1S/C27H20F3N7O2/c1-15-6-7-20(33-24(38)17-4-3-5-18(12-17)27(28,29)30)13-22(15)37-16(2)21-14-32-25(35-23(21)36-26(37)39)34-19-8-10-31-11-9-19/h3-14H,1-2H3,(H,33,38)(H,31,34,35,36,39). The minimum absolute atomic E-state index is 0.152. The third kappa shape index (κ3) is 5.30. The Morgan fingerprint density at radius 3 is 2.46 bits per heavy atom. The number of amides is 1. The normalized spacial score (nSPS) is 11.4. The van der Waals surface area contributed by atoms with Crippen LogP contribution in [0.1, 0.15) is 27.2 Å². The van der Waals surface area contributed by atoms with Crippen molar-refractivity contribution in [2.75, 3.05) is 10.6 Å². The van der Waals surface area contributed by atoms with Gasteiger partial charge in [0.1, 0.15) is 0 Å². The first kappa shape index (κ1) is 25.5. The molecule has 3 heterocycles. The topological polar surface area (TPSA) is 115 Å². The van der Waals surface area contributed by atoms with Gasteiger partial charge in [-0.15, -0.1) is 0 Å². The zero-order valence-corrected chi connectivity index (χ0v) is 20.6. The maximum atomic E-state index is 13.1. The monoisotopic (exact) mass is 531 g/mol. The number of pyridine rings is 1. The predicted octanol–water partition coefficient (Wildman–Crippen LogP) is 5.20. The number of halogens is 3. The molecule has 2 N–H and O–H groups in total. The second-order valence-corrected chi connectivity index (χ2v) is 8.64. The van der Waals surface area contributed by atoms with Crippen LogP contribution in [0.2, 0.25) is 0 Å². The smallest absolute Gasteiger partial charge is 0.324 e. The van der Waals surface area contributed by atoms with Gasteiger partial charge in [-0.25, -0.2) is 9.78 Å².